The maximum absolute atomic E-state index is 12.1. The minimum absolute atomic E-state index is 0.164. The lowest BCUT2D eigenvalue weighted by atomic mass is 10.0. The monoisotopic (exact) mass is 306 g/mol. The molecule has 3 N–H and O–H groups in total. The summed E-state index contributed by atoms with van der Waals surface area (Å²) in [6, 6.07) is 7.50. The number of thiophene rings is 1. The molecule has 0 bridgehead atoms. The molecule has 1 aromatic heterocycles. The number of nitrogens with one attached hydrogen (secondary N) is 1. The van der Waals surface area contributed by atoms with Crippen molar-refractivity contribution in [1.82, 2.24) is 0 Å². The smallest absolute Gasteiger partial charge is 0.350 e. The average Bonchev–Trinajstić information content (AvgIpc) is 2.75. The molecule has 0 aliphatic rings. The van der Waals surface area contributed by atoms with E-state index in [2.05, 4.69) is 5.32 Å². The Bertz CT molecular complexity index is 686. The van der Waals surface area contributed by atoms with E-state index < -0.39 is 11.5 Å². The van der Waals surface area contributed by atoms with Gasteiger partial charge in [0, 0.05) is 22.0 Å². The second-order valence-corrected chi connectivity index (χ2v) is 6.56. The number of ether oxygens (including phenoxy) is 1. The van der Waals surface area contributed by atoms with Crippen molar-refractivity contribution in [2.75, 3.05) is 12.4 Å². The number of hydrogen-bond acceptors (Lipinski definition) is 5. The molecule has 0 atom stereocenters. The third-order valence-electron chi connectivity index (χ3n) is 2.85. The summed E-state index contributed by atoms with van der Waals surface area (Å²) < 4.78 is 5.70. The van der Waals surface area contributed by atoms with Gasteiger partial charge in [-0.25, -0.2) is 4.79 Å². The summed E-state index contributed by atoms with van der Waals surface area (Å²) in [6.07, 6.45) is 0.164. The van der Waals surface area contributed by atoms with Gasteiger partial charge in [-0.1, -0.05) is 18.2 Å². The molecule has 2 aromatic rings. The topological polar surface area (TPSA) is 81.4 Å². The van der Waals surface area contributed by atoms with Gasteiger partial charge in [0.15, 0.2) is 0 Å². The fraction of sp³-hybridized carbons (Fsp3) is 0.333. The zero-order chi connectivity index (χ0) is 15.6. The van der Waals surface area contributed by atoms with Crippen molar-refractivity contribution in [2.24, 2.45) is 5.73 Å². The van der Waals surface area contributed by atoms with E-state index in [1.54, 1.807) is 13.8 Å². The lowest BCUT2D eigenvalue weighted by Crippen LogP contribution is -2.36. The van der Waals surface area contributed by atoms with Crippen LogP contribution in [0.15, 0.2) is 24.3 Å². The molecule has 112 valence electrons. The molecule has 0 aliphatic carbocycles. The quantitative estimate of drug-likeness (QED) is 0.851. The first kappa shape index (κ1) is 15.5. The number of fused-ring (bicyclic) bond motifs is 1. The SMILES string of the molecule is COC(=O)c1sc2ccccc2c1NC(=O)CC(C)(C)N. The van der Waals surface area contributed by atoms with Gasteiger partial charge in [-0.05, 0) is 19.9 Å². The molecule has 0 fully saturated rings. The summed E-state index contributed by atoms with van der Waals surface area (Å²) in [4.78, 5) is 24.4. The van der Waals surface area contributed by atoms with Gasteiger partial charge in [-0.3, -0.25) is 4.79 Å². The third kappa shape index (κ3) is 3.59. The third-order valence-corrected chi connectivity index (χ3v) is 4.00. The van der Waals surface area contributed by atoms with E-state index in [4.69, 9.17) is 10.5 Å². The molecule has 1 aromatic carbocycles. The fourth-order valence-electron chi connectivity index (χ4n) is 2.00. The maximum Gasteiger partial charge on any atom is 0.350 e. The van der Waals surface area contributed by atoms with Crippen LogP contribution in [0.1, 0.15) is 29.9 Å². The minimum Gasteiger partial charge on any atom is -0.465 e. The number of anilines is 1. The Balaban J connectivity index is 2.41. The van der Waals surface area contributed by atoms with Crippen molar-refractivity contribution in [2.45, 2.75) is 25.8 Å². The Morgan fingerprint density at radius 2 is 2.00 bits per heavy atom. The predicted molar refractivity (Wildman–Crippen MR) is 84.7 cm³/mol. The summed E-state index contributed by atoms with van der Waals surface area (Å²) in [5, 5.41) is 3.62. The van der Waals surface area contributed by atoms with Gasteiger partial charge in [0.25, 0.3) is 0 Å². The minimum atomic E-state index is -0.610. The van der Waals surface area contributed by atoms with Crippen LogP contribution in [0, 0.1) is 0 Å². The summed E-state index contributed by atoms with van der Waals surface area (Å²) in [5.41, 5.74) is 5.74. The first-order valence-electron chi connectivity index (χ1n) is 6.50. The van der Waals surface area contributed by atoms with E-state index in [9.17, 15) is 9.59 Å². The zero-order valence-electron chi connectivity index (χ0n) is 12.2. The van der Waals surface area contributed by atoms with Crippen molar-refractivity contribution in [3.8, 4) is 0 Å². The highest BCUT2D eigenvalue weighted by atomic mass is 32.1. The first-order chi connectivity index (χ1) is 9.81. The second-order valence-electron chi connectivity index (χ2n) is 5.51. The van der Waals surface area contributed by atoms with E-state index in [0.717, 1.165) is 10.1 Å². The van der Waals surface area contributed by atoms with Crippen LogP contribution < -0.4 is 11.1 Å². The Labute approximate surface area is 127 Å². The summed E-state index contributed by atoms with van der Waals surface area (Å²) in [7, 11) is 1.32. The van der Waals surface area contributed by atoms with E-state index in [0.29, 0.717) is 10.6 Å². The van der Waals surface area contributed by atoms with Gasteiger partial charge in [-0.2, -0.15) is 0 Å². The fourth-order valence-corrected chi connectivity index (χ4v) is 3.08. The lowest BCUT2D eigenvalue weighted by Gasteiger charge is -2.17. The van der Waals surface area contributed by atoms with Crippen LogP contribution in [0.5, 0.6) is 0 Å². The molecule has 6 heteroatoms. The van der Waals surface area contributed by atoms with Crippen LogP contribution in [0.25, 0.3) is 10.1 Å². The van der Waals surface area contributed by atoms with Gasteiger partial charge >= 0.3 is 5.97 Å². The van der Waals surface area contributed by atoms with Crippen molar-refractivity contribution in [3.05, 3.63) is 29.1 Å². The molecule has 1 heterocycles. The molecule has 21 heavy (non-hydrogen) atoms. The molecule has 1 amide bonds. The zero-order valence-corrected chi connectivity index (χ0v) is 13.0. The number of hydrogen-bond donors (Lipinski definition) is 2. The van der Waals surface area contributed by atoms with Crippen molar-refractivity contribution < 1.29 is 14.3 Å². The Kier molecular flexibility index (Phi) is 4.29. The number of carbonyl (C=O) groups is 2. The largest absolute Gasteiger partial charge is 0.465 e. The number of carbonyl (C=O) groups excluding carboxylic acids is 2. The Hall–Kier alpha value is -1.92. The molecule has 0 saturated carbocycles. The van der Waals surface area contributed by atoms with Crippen molar-refractivity contribution in [3.63, 3.8) is 0 Å². The Morgan fingerprint density at radius 1 is 1.33 bits per heavy atom. The number of nitrogens with two attached hydrogens (primary N) is 1. The second kappa shape index (κ2) is 5.83. The van der Waals surface area contributed by atoms with E-state index in [1.807, 2.05) is 24.3 Å². The van der Waals surface area contributed by atoms with E-state index in [1.165, 1.54) is 18.4 Å². The Morgan fingerprint density at radius 3 is 2.62 bits per heavy atom. The highest BCUT2D eigenvalue weighted by Gasteiger charge is 2.22. The van der Waals surface area contributed by atoms with Crippen LogP contribution in [0.2, 0.25) is 0 Å². The summed E-state index contributed by atoms with van der Waals surface area (Å²) >= 11 is 1.30. The van der Waals surface area contributed by atoms with Crippen LogP contribution in [0.3, 0.4) is 0 Å². The van der Waals surface area contributed by atoms with Crippen LogP contribution >= 0.6 is 11.3 Å². The van der Waals surface area contributed by atoms with Crippen LogP contribution in [0.4, 0.5) is 5.69 Å². The van der Waals surface area contributed by atoms with E-state index in [-0.39, 0.29) is 12.3 Å². The molecule has 0 unspecified atom stereocenters. The molecule has 2 rings (SSSR count). The maximum atomic E-state index is 12.1. The van der Waals surface area contributed by atoms with Crippen molar-refractivity contribution >= 4 is 39.0 Å². The molecule has 5 nitrogen and oxygen atoms in total. The number of benzene rings is 1. The lowest BCUT2D eigenvalue weighted by molar-refractivity contribution is -0.117. The van der Waals surface area contributed by atoms with Crippen molar-refractivity contribution in [1.29, 1.82) is 0 Å². The molecule has 0 aliphatic heterocycles. The van der Waals surface area contributed by atoms with Gasteiger partial charge in [0.2, 0.25) is 5.91 Å². The number of methoxy groups -OCH3 is 1. The number of amides is 1. The number of esters is 1. The molecular weight excluding hydrogens is 288 g/mol. The molecule has 0 spiro atoms. The molecular formula is C15H18N2O3S. The molecule has 0 radical (unpaired) electrons. The summed E-state index contributed by atoms with van der Waals surface area (Å²) in [5.74, 6) is -0.685. The van der Waals surface area contributed by atoms with E-state index >= 15 is 0 Å². The van der Waals surface area contributed by atoms with Crippen LogP contribution in [-0.2, 0) is 9.53 Å². The highest BCUT2D eigenvalue weighted by Crippen LogP contribution is 2.36. The normalized spacial score (nSPS) is 11.4. The average molecular weight is 306 g/mol. The standard InChI is InChI=1S/C15H18N2O3S/c1-15(2,16)8-11(18)17-12-9-6-4-5-7-10(9)21-13(12)14(19)20-3/h4-7H,8,16H2,1-3H3,(H,17,18). The van der Waals surface area contributed by atoms with Gasteiger partial charge in [0.1, 0.15) is 4.88 Å². The number of rotatable bonds is 4. The first-order valence-corrected chi connectivity index (χ1v) is 7.32. The predicted octanol–water partition coefficient (Wildman–Crippen LogP) is 2.75. The van der Waals surface area contributed by atoms with Crippen LogP contribution in [-0.4, -0.2) is 24.5 Å². The van der Waals surface area contributed by atoms with Gasteiger partial charge in [0.05, 0.1) is 12.8 Å². The van der Waals surface area contributed by atoms with Gasteiger partial charge < -0.3 is 15.8 Å². The summed E-state index contributed by atoms with van der Waals surface area (Å²) in [6.45, 7) is 3.55. The van der Waals surface area contributed by atoms with Gasteiger partial charge in [-0.15, -0.1) is 11.3 Å². The molecule has 0 saturated heterocycles. The highest BCUT2D eigenvalue weighted by molar-refractivity contribution is 7.21.